The number of aryl methyl sites for hydroxylation is 1. The van der Waals surface area contributed by atoms with E-state index in [0.717, 1.165) is 17.3 Å². The zero-order valence-electron chi connectivity index (χ0n) is 12.1. The molecule has 0 aliphatic rings. The number of aromatic amines is 1. The second-order valence-electron chi connectivity index (χ2n) is 4.83. The summed E-state index contributed by atoms with van der Waals surface area (Å²) in [6.07, 6.45) is 0. The summed E-state index contributed by atoms with van der Waals surface area (Å²) in [4.78, 5) is 30.6. The Hall–Kier alpha value is -2.19. The van der Waals surface area contributed by atoms with Crippen molar-refractivity contribution in [3.05, 3.63) is 51.4 Å². The SMILES string of the molecule is Cc1ccc(NC(=O)CSc2nc3ccsc3c(=O)[nH]2)c(F)c1. The van der Waals surface area contributed by atoms with Gasteiger partial charge in [0.15, 0.2) is 5.16 Å². The number of carbonyl (C=O) groups excluding carboxylic acids is 1. The maximum absolute atomic E-state index is 13.7. The van der Waals surface area contributed by atoms with Crippen LogP contribution in [0.3, 0.4) is 0 Å². The summed E-state index contributed by atoms with van der Waals surface area (Å²) in [7, 11) is 0. The molecule has 2 N–H and O–H groups in total. The Balaban J connectivity index is 1.67. The van der Waals surface area contributed by atoms with Crippen molar-refractivity contribution in [3.63, 3.8) is 0 Å². The lowest BCUT2D eigenvalue weighted by atomic mass is 10.2. The highest BCUT2D eigenvalue weighted by Crippen LogP contribution is 2.19. The van der Waals surface area contributed by atoms with E-state index < -0.39 is 5.82 Å². The average Bonchev–Trinajstić information content (AvgIpc) is 2.97. The first-order chi connectivity index (χ1) is 11.0. The molecule has 2 aromatic heterocycles. The van der Waals surface area contributed by atoms with Gasteiger partial charge in [0, 0.05) is 0 Å². The molecule has 0 aliphatic carbocycles. The number of H-pyrrole nitrogens is 1. The highest BCUT2D eigenvalue weighted by atomic mass is 32.2. The summed E-state index contributed by atoms with van der Waals surface area (Å²) in [6.45, 7) is 1.77. The number of thiophene rings is 1. The fourth-order valence-corrected chi connectivity index (χ4v) is 3.36. The molecule has 0 unspecified atom stereocenters. The number of thioether (sulfide) groups is 1. The fourth-order valence-electron chi connectivity index (χ4n) is 1.96. The monoisotopic (exact) mass is 349 g/mol. The van der Waals surface area contributed by atoms with Gasteiger partial charge >= 0.3 is 0 Å². The normalized spacial score (nSPS) is 10.9. The van der Waals surface area contributed by atoms with Gasteiger partial charge in [-0.1, -0.05) is 17.8 Å². The molecule has 118 valence electrons. The van der Waals surface area contributed by atoms with Crippen LogP contribution in [0.25, 0.3) is 10.2 Å². The molecule has 8 heteroatoms. The van der Waals surface area contributed by atoms with Gasteiger partial charge in [0.25, 0.3) is 5.56 Å². The second kappa shape index (κ2) is 6.51. The summed E-state index contributed by atoms with van der Waals surface area (Å²) >= 11 is 2.41. The van der Waals surface area contributed by atoms with Crippen LogP contribution < -0.4 is 10.9 Å². The van der Waals surface area contributed by atoms with Crippen LogP contribution in [0, 0.1) is 12.7 Å². The van der Waals surface area contributed by atoms with E-state index in [1.165, 1.54) is 23.5 Å². The Labute approximate surface area is 139 Å². The van der Waals surface area contributed by atoms with Crippen molar-refractivity contribution in [1.82, 2.24) is 9.97 Å². The minimum atomic E-state index is -0.477. The van der Waals surface area contributed by atoms with Crippen LogP contribution in [0.1, 0.15) is 5.56 Å². The minimum Gasteiger partial charge on any atom is -0.323 e. The first-order valence-electron chi connectivity index (χ1n) is 6.69. The molecule has 0 aliphatic heterocycles. The molecule has 5 nitrogen and oxygen atoms in total. The number of fused-ring (bicyclic) bond motifs is 1. The van der Waals surface area contributed by atoms with Gasteiger partial charge in [-0.2, -0.15) is 0 Å². The highest BCUT2D eigenvalue weighted by molar-refractivity contribution is 7.99. The predicted octanol–water partition coefficient (Wildman–Crippen LogP) is 3.16. The molecule has 3 rings (SSSR count). The molecular formula is C15H12FN3O2S2. The van der Waals surface area contributed by atoms with Crippen LogP contribution in [-0.4, -0.2) is 21.6 Å². The molecular weight excluding hydrogens is 337 g/mol. The van der Waals surface area contributed by atoms with Crippen molar-refractivity contribution in [2.24, 2.45) is 0 Å². The molecule has 0 atom stereocenters. The Morgan fingerprint density at radius 3 is 3.04 bits per heavy atom. The Bertz CT molecular complexity index is 936. The Morgan fingerprint density at radius 1 is 1.43 bits per heavy atom. The zero-order valence-corrected chi connectivity index (χ0v) is 13.7. The quantitative estimate of drug-likeness (QED) is 0.560. The lowest BCUT2D eigenvalue weighted by molar-refractivity contribution is -0.113. The molecule has 23 heavy (non-hydrogen) atoms. The van der Waals surface area contributed by atoms with Crippen LogP contribution in [0.15, 0.2) is 39.6 Å². The summed E-state index contributed by atoms with van der Waals surface area (Å²) in [5.74, 6) is -0.827. The number of benzene rings is 1. The van der Waals surface area contributed by atoms with Gasteiger partial charge in [-0.05, 0) is 36.1 Å². The molecule has 1 amide bonds. The largest absolute Gasteiger partial charge is 0.323 e. The number of amides is 1. The topological polar surface area (TPSA) is 74.8 Å². The van der Waals surface area contributed by atoms with Crippen LogP contribution >= 0.6 is 23.1 Å². The molecule has 0 fully saturated rings. The molecule has 3 aromatic rings. The highest BCUT2D eigenvalue weighted by Gasteiger charge is 2.10. The van der Waals surface area contributed by atoms with E-state index in [2.05, 4.69) is 15.3 Å². The van der Waals surface area contributed by atoms with Crippen molar-refractivity contribution in [1.29, 1.82) is 0 Å². The number of anilines is 1. The van der Waals surface area contributed by atoms with Crippen LogP contribution in [0.2, 0.25) is 0 Å². The third-order valence-corrected chi connectivity index (χ3v) is 4.81. The lowest BCUT2D eigenvalue weighted by Crippen LogP contribution is -2.16. The van der Waals surface area contributed by atoms with Crippen LogP contribution in [0.4, 0.5) is 10.1 Å². The standard InChI is InChI=1S/C15H12FN3O2S2/c1-8-2-3-10(9(16)6-8)17-12(20)7-23-15-18-11-4-5-22-13(11)14(21)19-15/h2-6H,7H2,1H3,(H,17,20)(H,18,19,21). The third-order valence-electron chi connectivity index (χ3n) is 3.03. The summed E-state index contributed by atoms with van der Waals surface area (Å²) < 4.78 is 14.2. The van der Waals surface area contributed by atoms with Crippen molar-refractivity contribution >= 4 is 44.9 Å². The summed E-state index contributed by atoms with van der Waals surface area (Å²) in [5, 5.41) is 4.65. The van der Waals surface area contributed by atoms with Gasteiger partial charge in [-0.25, -0.2) is 9.37 Å². The van der Waals surface area contributed by atoms with Gasteiger partial charge in [0.05, 0.1) is 17.0 Å². The number of carbonyl (C=O) groups is 1. The number of nitrogens with zero attached hydrogens (tertiary/aromatic N) is 1. The number of nitrogens with one attached hydrogen (secondary N) is 2. The van der Waals surface area contributed by atoms with E-state index in [-0.39, 0.29) is 22.9 Å². The number of halogens is 1. The smallest absolute Gasteiger partial charge is 0.269 e. The maximum atomic E-state index is 13.7. The predicted molar refractivity (Wildman–Crippen MR) is 90.7 cm³/mol. The summed E-state index contributed by atoms with van der Waals surface area (Å²) in [6, 6.07) is 6.34. The van der Waals surface area contributed by atoms with Crippen molar-refractivity contribution in [2.45, 2.75) is 12.1 Å². The van der Waals surface area contributed by atoms with E-state index in [1.807, 2.05) is 0 Å². The third kappa shape index (κ3) is 3.59. The molecule has 0 spiro atoms. The molecule has 2 heterocycles. The van der Waals surface area contributed by atoms with Crippen LogP contribution in [0.5, 0.6) is 0 Å². The van der Waals surface area contributed by atoms with E-state index >= 15 is 0 Å². The second-order valence-corrected chi connectivity index (χ2v) is 6.71. The molecule has 0 saturated carbocycles. The van der Waals surface area contributed by atoms with E-state index in [1.54, 1.807) is 24.4 Å². The first kappa shape index (κ1) is 15.7. The van der Waals surface area contributed by atoms with Crippen molar-refractivity contribution < 1.29 is 9.18 Å². The minimum absolute atomic E-state index is 0.0197. The fraction of sp³-hybridized carbons (Fsp3) is 0.133. The van der Waals surface area contributed by atoms with E-state index in [0.29, 0.717) is 15.4 Å². The van der Waals surface area contributed by atoms with Gasteiger partial charge in [0.1, 0.15) is 10.5 Å². The van der Waals surface area contributed by atoms with Gasteiger partial charge < -0.3 is 10.3 Å². The Kier molecular flexibility index (Phi) is 4.44. The van der Waals surface area contributed by atoms with Gasteiger partial charge in [-0.3, -0.25) is 9.59 Å². The lowest BCUT2D eigenvalue weighted by Gasteiger charge is -2.06. The number of hydrogen-bond donors (Lipinski definition) is 2. The number of rotatable bonds is 4. The van der Waals surface area contributed by atoms with Crippen molar-refractivity contribution in [3.8, 4) is 0 Å². The van der Waals surface area contributed by atoms with Crippen LogP contribution in [-0.2, 0) is 4.79 Å². The Morgan fingerprint density at radius 2 is 2.26 bits per heavy atom. The first-order valence-corrected chi connectivity index (χ1v) is 8.56. The molecule has 0 saturated heterocycles. The molecule has 0 bridgehead atoms. The molecule has 0 radical (unpaired) electrons. The van der Waals surface area contributed by atoms with Gasteiger partial charge in [0.2, 0.25) is 5.91 Å². The van der Waals surface area contributed by atoms with Crippen molar-refractivity contribution in [2.75, 3.05) is 11.1 Å². The zero-order chi connectivity index (χ0) is 16.4. The average molecular weight is 349 g/mol. The maximum Gasteiger partial charge on any atom is 0.269 e. The van der Waals surface area contributed by atoms with E-state index in [9.17, 15) is 14.0 Å². The molecule has 1 aromatic carbocycles. The van der Waals surface area contributed by atoms with E-state index in [4.69, 9.17) is 0 Å². The summed E-state index contributed by atoms with van der Waals surface area (Å²) in [5.41, 5.74) is 1.29. The number of hydrogen-bond acceptors (Lipinski definition) is 5. The number of aromatic nitrogens is 2. The van der Waals surface area contributed by atoms with Gasteiger partial charge in [-0.15, -0.1) is 11.3 Å².